The van der Waals surface area contributed by atoms with E-state index in [4.69, 9.17) is 4.74 Å². The van der Waals surface area contributed by atoms with E-state index >= 15 is 0 Å². The van der Waals surface area contributed by atoms with E-state index in [9.17, 15) is 0 Å². The predicted octanol–water partition coefficient (Wildman–Crippen LogP) is 1.87. The van der Waals surface area contributed by atoms with Gasteiger partial charge in [-0.1, -0.05) is 13.3 Å². The minimum absolute atomic E-state index is 0.393. The summed E-state index contributed by atoms with van der Waals surface area (Å²) in [6, 6.07) is 1.22. The smallest absolute Gasteiger partial charge is 0.0674 e. The van der Waals surface area contributed by atoms with Crippen LogP contribution in [0.1, 0.15) is 40.5 Å². The Hall–Kier alpha value is -0.120. The number of ether oxygens (including phenoxy) is 1. The third kappa shape index (κ3) is 4.81. The van der Waals surface area contributed by atoms with Crippen molar-refractivity contribution in [2.45, 2.75) is 58.7 Å². The monoisotopic (exact) mass is 228 g/mol. The van der Waals surface area contributed by atoms with Gasteiger partial charge in [0.15, 0.2) is 0 Å². The van der Waals surface area contributed by atoms with Gasteiger partial charge in [-0.2, -0.15) is 0 Å². The van der Waals surface area contributed by atoms with Gasteiger partial charge in [0, 0.05) is 31.7 Å². The molecular weight excluding hydrogens is 200 g/mol. The van der Waals surface area contributed by atoms with E-state index in [-0.39, 0.29) is 0 Å². The molecule has 0 saturated carbocycles. The fourth-order valence-corrected chi connectivity index (χ4v) is 2.27. The highest BCUT2D eigenvalue weighted by Crippen LogP contribution is 2.10. The van der Waals surface area contributed by atoms with Crippen LogP contribution in [0.5, 0.6) is 0 Å². The van der Waals surface area contributed by atoms with Gasteiger partial charge in [-0.05, 0) is 27.2 Å². The zero-order valence-corrected chi connectivity index (χ0v) is 11.3. The van der Waals surface area contributed by atoms with Crippen molar-refractivity contribution in [3.8, 4) is 0 Å². The first-order valence-electron chi connectivity index (χ1n) is 6.72. The molecule has 3 atom stereocenters. The van der Waals surface area contributed by atoms with Gasteiger partial charge in [-0.25, -0.2) is 0 Å². The van der Waals surface area contributed by atoms with Crippen molar-refractivity contribution in [2.75, 3.05) is 26.2 Å². The molecule has 3 heteroatoms. The van der Waals surface area contributed by atoms with Gasteiger partial charge in [-0.15, -0.1) is 0 Å². The molecule has 16 heavy (non-hydrogen) atoms. The predicted molar refractivity (Wildman–Crippen MR) is 68.8 cm³/mol. The van der Waals surface area contributed by atoms with Crippen LogP contribution in [0.25, 0.3) is 0 Å². The second-order valence-corrected chi connectivity index (χ2v) is 5.13. The molecule has 3 nitrogen and oxygen atoms in total. The topological polar surface area (TPSA) is 24.5 Å². The van der Waals surface area contributed by atoms with E-state index < -0.39 is 0 Å². The Bertz CT molecular complexity index is 187. The van der Waals surface area contributed by atoms with Crippen molar-refractivity contribution in [1.82, 2.24) is 10.2 Å². The average molecular weight is 228 g/mol. The lowest BCUT2D eigenvalue weighted by atomic mass is 10.2. The van der Waals surface area contributed by atoms with Crippen molar-refractivity contribution >= 4 is 0 Å². The molecule has 0 aromatic heterocycles. The molecule has 1 rings (SSSR count). The molecule has 1 saturated heterocycles. The standard InChI is InChI=1S/C13H28N2O/c1-5-6-11(2)14-7-8-15-9-13(4)16-10-12(15)3/h11-14H,5-10H2,1-4H3. The molecule has 1 aliphatic rings. The van der Waals surface area contributed by atoms with E-state index in [2.05, 4.69) is 37.9 Å². The highest BCUT2D eigenvalue weighted by atomic mass is 16.5. The SMILES string of the molecule is CCCC(C)NCCN1CC(C)OCC1C. The molecule has 0 aromatic rings. The molecule has 1 heterocycles. The lowest BCUT2D eigenvalue weighted by Crippen LogP contribution is -2.49. The summed E-state index contributed by atoms with van der Waals surface area (Å²) in [7, 11) is 0. The lowest BCUT2D eigenvalue weighted by Gasteiger charge is -2.37. The van der Waals surface area contributed by atoms with E-state index in [1.807, 2.05) is 0 Å². The molecule has 1 aliphatic heterocycles. The fourth-order valence-electron chi connectivity index (χ4n) is 2.27. The Balaban J connectivity index is 2.15. The molecule has 1 N–H and O–H groups in total. The first-order chi connectivity index (χ1) is 7.63. The number of nitrogens with one attached hydrogen (secondary N) is 1. The Kier molecular flexibility index (Phi) is 6.32. The van der Waals surface area contributed by atoms with Crippen LogP contribution < -0.4 is 5.32 Å². The molecule has 3 unspecified atom stereocenters. The molecule has 1 fully saturated rings. The Labute approximate surface area is 101 Å². The second kappa shape index (κ2) is 7.25. The van der Waals surface area contributed by atoms with Gasteiger partial charge in [0.05, 0.1) is 12.7 Å². The van der Waals surface area contributed by atoms with Crippen LogP contribution >= 0.6 is 0 Å². The summed E-state index contributed by atoms with van der Waals surface area (Å²) in [5.41, 5.74) is 0. The van der Waals surface area contributed by atoms with E-state index in [0.29, 0.717) is 18.2 Å². The fraction of sp³-hybridized carbons (Fsp3) is 1.00. The van der Waals surface area contributed by atoms with Crippen molar-refractivity contribution in [1.29, 1.82) is 0 Å². The van der Waals surface area contributed by atoms with Gasteiger partial charge in [0.1, 0.15) is 0 Å². The number of nitrogens with zero attached hydrogens (tertiary/aromatic N) is 1. The van der Waals surface area contributed by atoms with Crippen LogP contribution in [0.4, 0.5) is 0 Å². The third-order valence-corrected chi connectivity index (χ3v) is 3.35. The zero-order valence-electron chi connectivity index (χ0n) is 11.3. The maximum atomic E-state index is 5.62. The average Bonchev–Trinajstić information content (AvgIpc) is 2.23. The van der Waals surface area contributed by atoms with Crippen LogP contribution in [0.15, 0.2) is 0 Å². The van der Waals surface area contributed by atoms with Crippen LogP contribution in [-0.2, 0) is 4.74 Å². The summed E-state index contributed by atoms with van der Waals surface area (Å²) in [6.45, 7) is 13.1. The quantitative estimate of drug-likeness (QED) is 0.751. The molecule has 0 spiro atoms. The molecule has 0 aromatic carbocycles. The Morgan fingerprint density at radius 1 is 1.44 bits per heavy atom. The van der Waals surface area contributed by atoms with Crippen molar-refractivity contribution in [2.24, 2.45) is 0 Å². The highest BCUT2D eigenvalue weighted by Gasteiger charge is 2.22. The minimum atomic E-state index is 0.393. The summed E-state index contributed by atoms with van der Waals surface area (Å²) in [6.07, 6.45) is 2.93. The van der Waals surface area contributed by atoms with Crippen LogP contribution in [0.2, 0.25) is 0 Å². The number of rotatable bonds is 6. The lowest BCUT2D eigenvalue weighted by molar-refractivity contribution is -0.0487. The van der Waals surface area contributed by atoms with E-state index in [1.165, 1.54) is 12.8 Å². The summed E-state index contributed by atoms with van der Waals surface area (Å²) in [5.74, 6) is 0. The maximum absolute atomic E-state index is 5.62. The molecule has 0 bridgehead atoms. The summed E-state index contributed by atoms with van der Waals surface area (Å²) in [4.78, 5) is 2.53. The second-order valence-electron chi connectivity index (χ2n) is 5.13. The van der Waals surface area contributed by atoms with Gasteiger partial charge in [0.25, 0.3) is 0 Å². The molecule has 0 amide bonds. The van der Waals surface area contributed by atoms with Crippen LogP contribution in [-0.4, -0.2) is 49.3 Å². The maximum Gasteiger partial charge on any atom is 0.0674 e. The summed E-state index contributed by atoms with van der Waals surface area (Å²) >= 11 is 0. The zero-order chi connectivity index (χ0) is 12.0. The highest BCUT2D eigenvalue weighted by molar-refractivity contribution is 4.76. The largest absolute Gasteiger partial charge is 0.376 e. The number of hydrogen-bond acceptors (Lipinski definition) is 3. The van der Waals surface area contributed by atoms with Gasteiger partial charge >= 0.3 is 0 Å². The molecular formula is C13H28N2O. The first kappa shape index (κ1) is 13.9. The molecule has 0 radical (unpaired) electrons. The summed E-state index contributed by atoms with van der Waals surface area (Å²) in [5, 5.41) is 3.58. The van der Waals surface area contributed by atoms with Crippen LogP contribution in [0, 0.1) is 0 Å². The van der Waals surface area contributed by atoms with Gasteiger partial charge in [-0.3, -0.25) is 4.90 Å². The van der Waals surface area contributed by atoms with Crippen LogP contribution in [0.3, 0.4) is 0 Å². The van der Waals surface area contributed by atoms with E-state index in [0.717, 1.165) is 26.2 Å². The van der Waals surface area contributed by atoms with Gasteiger partial charge < -0.3 is 10.1 Å². The van der Waals surface area contributed by atoms with Crippen molar-refractivity contribution in [3.05, 3.63) is 0 Å². The Morgan fingerprint density at radius 2 is 2.19 bits per heavy atom. The van der Waals surface area contributed by atoms with E-state index in [1.54, 1.807) is 0 Å². The number of morpholine rings is 1. The Morgan fingerprint density at radius 3 is 2.88 bits per heavy atom. The number of hydrogen-bond donors (Lipinski definition) is 1. The van der Waals surface area contributed by atoms with Gasteiger partial charge in [0.2, 0.25) is 0 Å². The van der Waals surface area contributed by atoms with Crippen molar-refractivity contribution < 1.29 is 4.74 Å². The molecule has 0 aliphatic carbocycles. The summed E-state index contributed by atoms with van der Waals surface area (Å²) < 4.78 is 5.62. The van der Waals surface area contributed by atoms with Crippen molar-refractivity contribution in [3.63, 3.8) is 0 Å². The minimum Gasteiger partial charge on any atom is -0.376 e. The third-order valence-electron chi connectivity index (χ3n) is 3.35. The molecule has 96 valence electrons. The normalized spacial score (nSPS) is 29.2. The first-order valence-corrected chi connectivity index (χ1v) is 6.72.